The van der Waals surface area contributed by atoms with Gasteiger partial charge < -0.3 is 4.90 Å². The summed E-state index contributed by atoms with van der Waals surface area (Å²) in [5.41, 5.74) is -1.44. The van der Waals surface area contributed by atoms with Crippen LogP contribution in [-0.4, -0.2) is 57.7 Å². The number of nitrogens with zero attached hydrogens (tertiary/aromatic N) is 4. The first-order valence-electron chi connectivity index (χ1n) is 7.50. The van der Waals surface area contributed by atoms with Crippen molar-refractivity contribution in [3.05, 3.63) is 17.5 Å². The summed E-state index contributed by atoms with van der Waals surface area (Å²) in [6, 6.07) is 0.275. The molecule has 122 valence electrons. The number of piperidine rings is 1. The highest BCUT2D eigenvalue weighted by molar-refractivity contribution is 5.95. The van der Waals surface area contributed by atoms with Gasteiger partial charge in [-0.05, 0) is 19.4 Å². The van der Waals surface area contributed by atoms with Gasteiger partial charge in [0.05, 0.1) is 5.56 Å². The first-order chi connectivity index (χ1) is 10.4. The van der Waals surface area contributed by atoms with Gasteiger partial charge in [0.1, 0.15) is 0 Å². The maximum atomic E-state index is 13.0. The lowest BCUT2D eigenvalue weighted by Gasteiger charge is -2.44. The molecule has 1 amide bonds. The molecule has 2 aliphatic rings. The lowest BCUT2D eigenvalue weighted by atomic mass is 9.99. The average Bonchev–Trinajstić information content (AvgIpc) is 2.88. The zero-order chi connectivity index (χ0) is 15.9. The van der Waals surface area contributed by atoms with E-state index in [-0.39, 0.29) is 11.6 Å². The molecule has 0 spiro atoms. The highest BCUT2D eigenvalue weighted by atomic mass is 19.4. The molecule has 22 heavy (non-hydrogen) atoms. The maximum Gasteiger partial charge on any atom is 0.435 e. The maximum absolute atomic E-state index is 13.0. The van der Waals surface area contributed by atoms with Gasteiger partial charge in [0.25, 0.3) is 5.91 Å². The van der Waals surface area contributed by atoms with E-state index in [1.54, 1.807) is 4.90 Å². The van der Waals surface area contributed by atoms with E-state index < -0.39 is 17.8 Å². The van der Waals surface area contributed by atoms with E-state index in [4.69, 9.17) is 0 Å². The SMILES string of the molecule is Cn1cc(C(=O)N2CCN3CCCCC3C2)c(C(F)(F)F)n1. The van der Waals surface area contributed by atoms with Crippen molar-refractivity contribution in [2.75, 3.05) is 26.2 Å². The minimum Gasteiger partial charge on any atom is -0.336 e. The number of rotatable bonds is 1. The summed E-state index contributed by atoms with van der Waals surface area (Å²) in [5, 5.41) is 3.41. The largest absolute Gasteiger partial charge is 0.435 e. The van der Waals surface area contributed by atoms with Crippen LogP contribution in [0.5, 0.6) is 0 Å². The zero-order valence-corrected chi connectivity index (χ0v) is 12.4. The van der Waals surface area contributed by atoms with Crippen LogP contribution in [0, 0.1) is 0 Å². The standard InChI is InChI=1S/C14H19F3N4O/c1-19-9-11(12(18-19)14(15,16)17)13(22)21-7-6-20-5-3-2-4-10(20)8-21/h9-10H,2-8H2,1H3. The summed E-state index contributed by atoms with van der Waals surface area (Å²) in [4.78, 5) is 16.4. The van der Waals surface area contributed by atoms with Gasteiger partial charge in [-0.25, -0.2) is 0 Å². The highest BCUT2D eigenvalue weighted by Crippen LogP contribution is 2.31. The van der Waals surface area contributed by atoms with Crippen molar-refractivity contribution in [1.82, 2.24) is 19.6 Å². The van der Waals surface area contributed by atoms with Crippen LogP contribution in [0.3, 0.4) is 0 Å². The zero-order valence-electron chi connectivity index (χ0n) is 12.4. The van der Waals surface area contributed by atoms with E-state index in [0.29, 0.717) is 13.1 Å². The summed E-state index contributed by atoms with van der Waals surface area (Å²) in [7, 11) is 1.39. The molecular formula is C14H19F3N4O. The Morgan fingerprint density at radius 3 is 2.77 bits per heavy atom. The number of aryl methyl sites for hydroxylation is 1. The van der Waals surface area contributed by atoms with Crippen LogP contribution in [0.2, 0.25) is 0 Å². The Morgan fingerprint density at radius 2 is 2.05 bits per heavy atom. The fourth-order valence-corrected chi connectivity index (χ4v) is 3.37. The number of alkyl halides is 3. The fraction of sp³-hybridized carbons (Fsp3) is 0.714. The van der Waals surface area contributed by atoms with Gasteiger partial charge in [-0.15, -0.1) is 0 Å². The molecule has 2 aliphatic heterocycles. The predicted molar refractivity (Wildman–Crippen MR) is 73.3 cm³/mol. The molecule has 0 aromatic carbocycles. The number of amides is 1. The third-order valence-electron chi connectivity index (χ3n) is 4.45. The molecule has 3 rings (SSSR count). The number of hydrogen-bond donors (Lipinski definition) is 0. The average molecular weight is 316 g/mol. The van der Waals surface area contributed by atoms with Crippen molar-refractivity contribution in [1.29, 1.82) is 0 Å². The van der Waals surface area contributed by atoms with E-state index in [0.717, 1.165) is 37.0 Å². The van der Waals surface area contributed by atoms with Crippen LogP contribution in [-0.2, 0) is 13.2 Å². The fourth-order valence-electron chi connectivity index (χ4n) is 3.37. The Hall–Kier alpha value is -1.57. The van der Waals surface area contributed by atoms with Gasteiger partial charge in [0, 0.05) is 38.9 Å². The Labute approximate surface area is 126 Å². The normalized spacial score (nSPS) is 23.5. The molecule has 0 aliphatic carbocycles. The Bertz CT molecular complexity index is 569. The van der Waals surface area contributed by atoms with Crippen LogP contribution < -0.4 is 0 Å². The second kappa shape index (κ2) is 5.57. The van der Waals surface area contributed by atoms with Crippen molar-refractivity contribution in [2.24, 2.45) is 7.05 Å². The second-order valence-corrected chi connectivity index (χ2v) is 6.00. The molecule has 3 heterocycles. The lowest BCUT2D eigenvalue weighted by molar-refractivity contribution is -0.141. The quantitative estimate of drug-likeness (QED) is 0.793. The topological polar surface area (TPSA) is 41.4 Å². The summed E-state index contributed by atoms with van der Waals surface area (Å²) in [6.45, 7) is 2.73. The first kappa shape index (κ1) is 15.3. The second-order valence-electron chi connectivity index (χ2n) is 6.00. The van der Waals surface area contributed by atoms with Crippen molar-refractivity contribution in [3.63, 3.8) is 0 Å². The smallest absolute Gasteiger partial charge is 0.336 e. The van der Waals surface area contributed by atoms with E-state index >= 15 is 0 Å². The molecule has 0 bridgehead atoms. The molecule has 2 fully saturated rings. The van der Waals surface area contributed by atoms with Gasteiger partial charge >= 0.3 is 6.18 Å². The Morgan fingerprint density at radius 1 is 1.27 bits per heavy atom. The van der Waals surface area contributed by atoms with Crippen molar-refractivity contribution in [2.45, 2.75) is 31.5 Å². The van der Waals surface area contributed by atoms with E-state index in [1.807, 2.05) is 0 Å². The van der Waals surface area contributed by atoms with Crippen molar-refractivity contribution < 1.29 is 18.0 Å². The molecule has 1 atom stereocenters. The molecule has 8 heteroatoms. The first-order valence-corrected chi connectivity index (χ1v) is 7.50. The molecule has 0 saturated carbocycles. The summed E-state index contributed by atoms with van der Waals surface area (Å²) >= 11 is 0. The van der Waals surface area contributed by atoms with Gasteiger partial charge in [-0.3, -0.25) is 14.4 Å². The Balaban J connectivity index is 1.80. The molecule has 0 radical (unpaired) electrons. The number of piperazine rings is 1. The monoisotopic (exact) mass is 316 g/mol. The molecular weight excluding hydrogens is 297 g/mol. The van der Waals surface area contributed by atoms with Crippen LogP contribution in [0.25, 0.3) is 0 Å². The number of carbonyl (C=O) groups excluding carboxylic acids is 1. The summed E-state index contributed by atoms with van der Waals surface area (Å²) in [5.74, 6) is -0.564. The number of halogens is 3. The van der Waals surface area contributed by atoms with E-state index in [1.165, 1.54) is 13.2 Å². The van der Waals surface area contributed by atoms with Gasteiger partial charge in [0.15, 0.2) is 5.69 Å². The summed E-state index contributed by atoms with van der Waals surface area (Å²) in [6.07, 6.45) is -0.171. The van der Waals surface area contributed by atoms with Crippen molar-refractivity contribution >= 4 is 5.91 Å². The van der Waals surface area contributed by atoms with E-state index in [2.05, 4.69) is 10.00 Å². The van der Waals surface area contributed by atoms with Crippen molar-refractivity contribution in [3.8, 4) is 0 Å². The number of hydrogen-bond acceptors (Lipinski definition) is 3. The molecule has 1 aromatic heterocycles. The molecule has 5 nitrogen and oxygen atoms in total. The van der Waals surface area contributed by atoms with Crippen LogP contribution in [0.4, 0.5) is 13.2 Å². The van der Waals surface area contributed by atoms with Crippen LogP contribution in [0.1, 0.15) is 35.3 Å². The molecule has 0 N–H and O–H groups in total. The van der Waals surface area contributed by atoms with E-state index in [9.17, 15) is 18.0 Å². The van der Waals surface area contributed by atoms with Gasteiger partial charge in [-0.2, -0.15) is 18.3 Å². The third-order valence-corrected chi connectivity index (χ3v) is 4.45. The molecule has 1 aromatic rings. The Kier molecular flexibility index (Phi) is 3.88. The van der Waals surface area contributed by atoms with Crippen LogP contribution in [0.15, 0.2) is 6.20 Å². The molecule has 1 unspecified atom stereocenters. The predicted octanol–water partition coefficient (Wildman–Crippen LogP) is 1.75. The third kappa shape index (κ3) is 2.84. The van der Waals surface area contributed by atoms with Gasteiger partial charge in [-0.1, -0.05) is 6.42 Å². The number of carbonyl (C=O) groups is 1. The minimum absolute atomic E-state index is 0.275. The van der Waals surface area contributed by atoms with Crippen LogP contribution >= 0.6 is 0 Å². The lowest BCUT2D eigenvalue weighted by Crippen LogP contribution is -2.56. The van der Waals surface area contributed by atoms with Gasteiger partial charge in [0.2, 0.25) is 0 Å². The number of fused-ring (bicyclic) bond motifs is 1. The molecule has 2 saturated heterocycles. The summed E-state index contributed by atoms with van der Waals surface area (Å²) < 4.78 is 40.1. The minimum atomic E-state index is -4.61. The number of aromatic nitrogens is 2. The highest BCUT2D eigenvalue weighted by Gasteiger charge is 2.41.